The number of aryl methyl sites for hydroxylation is 1. The van der Waals surface area contributed by atoms with Gasteiger partial charge in [-0.1, -0.05) is 11.8 Å². The fourth-order valence-corrected chi connectivity index (χ4v) is 4.24. The van der Waals surface area contributed by atoms with Crippen LogP contribution in [0.25, 0.3) is 0 Å². The quantitative estimate of drug-likeness (QED) is 0.531. The van der Waals surface area contributed by atoms with E-state index in [0.717, 1.165) is 41.7 Å². The van der Waals surface area contributed by atoms with Crippen molar-refractivity contribution in [2.75, 3.05) is 22.5 Å². The molecule has 3 rings (SSSR count). The van der Waals surface area contributed by atoms with Gasteiger partial charge in [0.2, 0.25) is 11.8 Å². The second kappa shape index (κ2) is 9.97. The zero-order valence-corrected chi connectivity index (χ0v) is 18.6. The zero-order valence-electron chi connectivity index (χ0n) is 17.8. The third-order valence-corrected chi connectivity index (χ3v) is 5.96. The lowest BCUT2D eigenvalue weighted by Crippen LogP contribution is -2.30. The first-order chi connectivity index (χ1) is 14.4. The van der Waals surface area contributed by atoms with E-state index in [1.54, 1.807) is 0 Å². The molecule has 0 radical (unpaired) electrons. The van der Waals surface area contributed by atoms with Crippen molar-refractivity contribution >= 4 is 35.0 Å². The number of thioether (sulfide) groups is 1. The molecule has 30 heavy (non-hydrogen) atoms. The number of aromatic nitrogens is 3. The summed E-state index contributed by atoms with van der Waals surface area (Å²) in [6.45, 7) is 7.39. The Kier molecular flexibility index (Phi) is 7.36. The number of rotatable bonds is 11. The smallest absolute Gasteiger partial charge is 0.234 e. The van der Waals surface area contributed by atoms with Gasteiger partial charge in [0, 0.05) is 42.8 Å². The lowest BCUT2D eigenvalue weighted by Gasteiger charge is -2.27. The van der Waals surface area contributed by atoms with Gasteiger partial charge in [-0.3, -0.25) is 9.59 Å². The average molecular weight is 431 g/mol. The number of carbonyl (C=O) groups excluding carboxylic acids is 2. The Morgan fingerprint density at radius 1 is 1.27 bits per heavy atom. The largest absolute Gasteiger partial charge is 0.370 e. The van der Waals surface area contributed by atoms with Crippen molar-refractivity contribution in [2.24, 2.45) is 5.73 Å². The van der Waals surface area contributed by atoms with Crippen LogP contribution in [0.1, 0.15) is 51.9 Å². The molecule has 2 amide bonds. The van der Waals surface area contributed by atoms with E-state index in [-0.39, 0.29) is 24.0 Å². The Morgan fingerprint density at radius 2 is 1.97 bits per heavy atom. The minimum atomic E-state index is -0.351. The van der Waals surface area contributed by atoms with Crippen LogP contribution in [-0.4, -0.2) is 44.9 Å². The van der Waals surface area contributed by atoms with Crippen molar-refractivity contribution in [1.82, 2.24) is 14.8 Å². The highest BCUT2D eigenvalue weighted by Crippen LogP contribution is 2.39. The molecule has 1 saturated carbocycles. The normalized spacial score (nSPS) is 13.5. The molecule has 1 aliphatic carbocycles. The van der Waals surface area contributed by atoms with Gasteiger partial charge >= 0.3 is 0 Å². The van der Waals surface area contributed by atoms with Crippen LogP contribution in [0.5, 0.6) is 0 Å². The Labute approximate surface area is 181 Å². The molecule has 9 heteroatoms. The summed E-state index contributed by atoms with van der Waals surface area (Å²) in [5.74, 6) is 0.569. The van der Waals surface area contributed by atoms with Gasteiger partial charge in [0.25, 0.3) is 0 Å². The molecule has 1 fully saturated rings. The number of carbonyl (C=O) groups is 2. The molecule has 2 aromatic rings. The maximum Gasteiger partial charge on any atom is 0.234 e. The summed E-state index contributed by atoms with van der Waals surface area (Å²) < 4.78 is 2.06. The Bertz CT molecular complexity index is 876. The fraction of sp³-hybridized carbons (Fsp3) is 0.524. The molecule has 0 bridgehead atoms. The van der Waals surface area contributed by atoms with Crippen molar-refractivity contribution in [3.05, 3.63) is 30.1 Å². The highest BCUT2D eigenvalue weighted by atomic mass is 32.2. The molecule has 0 aliphatic heterocycles. The maximum absolute atomic E-state index is 12.4. The molecule has 0 atom stereocenters. The average Bonchev–Trinajstić information content (AvgIpc) is 3.46. The first kappa shape index (κ1) is 22.1. The molecular weight excluding hydrogens is 400 g/mol. The number of primary amides is 1. The predicted octanol–water partition coefficient (Wildman–Crippen LogP) is 3.00. The standard InChI is InChI=1S/C21H30N6O2S/c1-4-26(14(2)3)16-7-5-15(6-8-16)23-20(29)13-30-21-25-24-19(12-11-18(22)28)27(21)17-9-10-17/h5-8,14,17H,4,9-13H2,1-3H3,(H2,22,28)(H,23,29). The molecule has 1 heterocycles. The molecule has 1 aromatic heterocycles. The molecule has 1 aliphatic rings. The van der Waals surface area contributed by atoms with Crippen LogP contribution in [-0.2, 0) is 16.0 Å². The second-order valence-electron chi connectivity index (χ2n) is 7.73. The number of amides is 2. The topological polar surface area (TPSA) is 106 Å². The van der Waals surface area contributed by atoms with E-state index in [9.17, 15) is 9.59 Å². The van der Waals surface area contributed by atoms with Crippen LogP contribution in [0.15, 0.2) is 29.4 Å². The number of nitrogens with two attached hydrogens (primary N) is 1. The van der Waals surface area contributed by atoms with Crippen LogP contribution < -0.4 is 16.0 Å². The van der Waals surface area contributed by atoms with Crippen LogP contribution in [0.2, 0.25) is 0 Å². The molecule has 8 nitrogen and oxygen atoms in total. The predicted molar refractivity (Wildman–Crippen MR) is 120 cm³/mol. The van der Waals surface area contributed by atoms with E-state index in [1.807, 2.05) is 24.3 Å². The maximum atomic E-state index is 12.4. The van der Waals surface area contributed by atoms with Gasteiger partial charge in [0.05, 0.1) is 5.75 Å². The van der Waals surface area contributed by atoms with E-state index in [1.165, 1.54) is 11.8 Å². The van der Waals surface area contributed by atoms with Gasteiger partial charge in [-0.15, -0.1) is 10.2 Å². The summed E-state index contributed by atoms with van der Waals surface area (Å²) in [6.07, 6.45) is 2.86. The number of hydrogen-bond donors (Lipinski definition) is 2. The third kappa shape index (κ3) is 5.75. The highest BCUT2D eigenvalue weighted by molar-refractivity contribution is 7.99. The van der Waals surface area contributed by atoms with Gasteiger partial charge in [-0.2, -0.15) is 0 Å². The SMILES string of the molecule is CCN(c1ccc(NC(=O)CSc2nnc(CCC(N)=O)n2C2CC2)cc1)C(C)C. The minimum Gasteiger partial charge on any atom is -0.370 e. The fourth-order valence-electron chi connectivity index (χ4n) is 3.42. The zero-order chi connectivity index (χ0) is 21.7. The van der Waals surface area contributed by atoms with E-state index < -0.39 is 0 Å². The molecule has 1 aromatic carbocycles. The van der Waals surface area contributed by atoms with Gasteiger partial charge in [0.15, 0.2) is 5.16 Å². The van der Waals surface area contributed by atoms with Crippen molar-refractivity contribution in [3.8, 4) is 0 Å². The molecular formula is C21H30N6O2S. The Hall–Kier alpha value is -2.55. The minimum absolute atomic E-state index is 0.0898. The van der Waals surface area contributed by atoms with Crippen molar-refractivity contribution in [1.29, 1.82) is 0 Å². The second-order valence-corrected chi connectivity index (χ2v) is 8.67. The van der Waals surface area contributed by atoms with Crippen LogP contribution in [0.4, 0.5) is 11.4 Å². The van der Waals surface area contributed by atoms with Crippen molar-refractivity contribution in [3.63, 3.8) is 0 Å². The number of hydrogen-bond acceptors (Lipinski definition) is 6. The third-order valence-electron chi connectivity index (χ3n) is 5.02. The molecule has 0 unspecified atom stereocenters. The summed E-state index contributed by atoms with van der Waals surface area (Å²) in [6, 6.07) is 8.70. The summed E-state index contributed by atoms with van der Waals surface area (Å²) in [7, 11) is 0. The summed E-state index contributed by atoms with van der Waals surface area (Å²) in [5, 5.41) is 12.1. The van der Waals surface area contributed by atoms with Crippen molar-refractivity contribution < 1.29 is 9.59 Å². The number of anilines is 2. The van der Waals surface area contributed by atoms with Crippen LogP contribution in [0.3, 0.4) is 0 Å². The number of nitrogens with one attached hydrogen (secondary N) is 1. The molecule has 162 valence electrons. The van der Waals surface area contributed by atoms with Gasteiger partial charge in [0.1, 0.15) is 5.82 Å². The van der Waals surface area contributed by atoms with E-state index >= 15 is 0 Å². The summed E-state index contributed by atoms with van der Waals surface area (Å²) in [4.78, 5) is 25.8. The van der Waals surface area contributed by atoms with Crippen LogP contribution >= 0.6 is 11.8 Å². The summed E-state index contributed by atoms with van der Waals surface area (Å²) in [5.41, 5.74) is 7.16. The van der Waals surface area contributed by atoms with Gasteiger partial charge < -0.3 is 20.5 Å². The first-order valence-electron chi connectivity index (χ1n) is 10.4. The lowest BCUT2D eigenvalue weighted by molar-refractivity contribution is -0.118. The monoisotopic (exact) mass is 430 g/mol. The summed E-state index contributed by atoms with van der Waals surface area (Å²) >= 11 is 1.37. The Morgan fingerprint density at radius 3 is 2.53 bits per heavy atom. The molecule has 0 saturated heterocycles. The lowest BCUT2D eigenvalue weighted by atomic mass is 10.2. The van der Waals surface area contributed by atoms with Gasteiger partial charge in [-0.05, 0) is 57.9 Å². The van der Waals surface area contributed by atoms with E-state index in [2.05, 4.69) is 45.8 Å². The Balaban J connectivity index is 1.56. The molecule has 3 N–H and O–H groups in total. The van der Waals surface area contributed by atoms with E-state index in [4.69, 9.17) is 5.73 Å². The van der Waals surface area contributed by atoms with Crippen molar-refractivity contribution in [2.45, 2.75) is 63.7 Å². The number of nitrogens with zero attached hydrogens (tertiary/aromatic N) is 4. The highest BCUT2D eigenvalue weighted by Gasteiger charge is 2.29. The van der Waals surface area contributed by atoms with Gasteiger partial charge in [-0.25, -0.2) is 0 Å². The molecule has 0 spiro atoms. The van der Waals surface area contributed by atoms with Crippen LogP contribution in [0, 0.1) is 0 Å². The number of benzene rings is 1. The first-order valence-corrected chi connectivity index (χ1v) is 11.4. The van der Waals surface area contributed by atoms with E-state index in [0.29, 0.717) is 18.5 Å².